The highest BCUT2D eigenvalue weighted by molar-refractivity contribution is 8.16. The lowest BCUT2D eigenvalue weighted by Gasteiger charge is -2.25. The summed E-state index contributed by atoms with van der Waals surface area (Å²) in [6.07, 6.45) is 0.991. The normalized spacial score (nSPS) is 31.5. The van der Waals surface area contributed by atoms with Gasteiger partial charge in [-0.25, -0.2) is 8.42 Å². The van der Waals surface area contributed by atoms with Crippen LogP contribution in [0.15, 0.2) is 23.2 Å². The summed E-state index contributed by atoms with van der Waals surface area (Å²) in [5.41, 5.74) is 0.676. The fourth-order valence-electron chi connectivity index (χ4n) is 3.44. The average Bonchev–Trinajstić information content (AvgIpc) is 3.25. The molecule has 0 saturated carbocycles. The molecule has 3 heterocycles. The van der Waals surface area contributed by atoms with Gasteiger partial charge in [-0.15, -0.1) is 0 Å². The molecule has 1 aromatic rings. The molecular formula is C16H16Cl2N2O4S2. The van der Waals surface area contributed by atoms with E-state index in [-0.39, 0.29) is 28.7 Å². The molecule has 0 unspecified atom stereocenters. The van der Waals surface area contributed by atoms with Crippen molar-refractivity contribution in [2.45, 2.75) is 30.2 Å². The van der Waals surface area contributed by atoms with Crippen LogP contribution < -0.4 is 4.90 Å². The van der Waals surface area contributed by atoms with E-state index in [0.29, 0.717) is 33.9 Å². The molecule has 3 aliphatic heterocycles. The van der Waals surface area contributed by atoms with E-state index in [4.69, 9.17) is 27.9 Å². The molecule has 26 heavy (non-hydrogen) atoms. The van der Waals surface area contributed by atoms with Crippen LogP contribution in [0.1, 0.15) is 12.8 Å². The Morgan fingerprint density at radius 2 is 2.08 bits per heavy atom. The molecule has 0 aliphatic carbocycles. The number of sulfone groups is 1. The molecule has 0 N–H and O–H groups in total. The first kappa shape index (κ1) is 18.6. The number of hydrogen-bond acceptors (Lipinski definition) is 5. The van der Waals surface area contributed by atoms with Crippen molar-refractivity contribution in [3.8, 4) is 0 Å². The lowest BCUT2D eigenvalue weighted by atomic mass is 10.2. The van der Waals surface area contributed by atoms with Gasteiger partial charge in [-0.3, -0.25) is 4.79 Å². The third-order valence-corrected chi connectivity index (χ3v) is 8.61. The van der Waals surface area contributed by atoms with Gasteiger partial charge >= 0.3 is 0 Å². The van der Waals surface area contributed by atoms with E-state index in [1.807, 2.05) is 0 Å². The quantitative estimate of drug-likeness (QED) is 0.711. The standard InChI is InChI=1S/C16H16Cl2N2O4S2/c17-10-4-3-9(6-11(10)18)20-12-7-26(22,23)8-14(12)25-16(20)19-15(21)13-2-1-5-24-13/h3-4,6,12-14H,1-2,5,7-8H2/t12-,13-,14-/m1/s1. The van der Waals surface area contributed by atoms with Crippen molar-refractivity contribution in [1.29, 1.82) is 0 Å². The topological polar surface area (TPSA) is 76.0 Å². The molecule has 6 nitrogen and oxygen atoms in total. The first-order valence-electron chi connectivity index (χ1n) is 8.19. The number of carbonyl (C=O) groups is 1. The van der Waals surface area contributed by atoms with Gasteiger partial charge in [-0.05, 0) is 31.0 Å². The number of amides is 1. The number of ether oxygens (including phenoxy) is 1. The minimum atomic E-state index is -3.12. The molecular weight excluding hydrogens is 419 g/mol. The van der Waals surface area contributed by atoms with Crippen LogP contribution in [-0.2, 0) is 19.4 Å². The van der Waals surface area contributed by atoms with Crippen LogP contribution in [-0.4, -0.2) is 55.0 Å². The number of rotatable bonds is 2. The van der Waals surface area contributed by atoms with Crippen LogP contribution >= 0.6 is 35.0 Å². The number of carbonyl (C=O) groups excluding carboxylic acids is 1. The SMILES string of the molecule is O=C(N=C1S[C@@H]2CS(=O)(=O)C[C@H]2N1c1ccc(Cl)c(Cl)c1)[C@H]1CCCO1. The fraction of sp³-hybridized carbons (Fsp3) is 0.500. The molecule has 0 radical (unpaired) electrons. The van der Waals surface area contributed by atoms with E-state index >= 15 is 0 Å². The van der Waals surface area contributed by atoms with Gasteiger partial charge < -0.3 is 9.64 Å². The van der Waals surface area contributed by atoms with Gasteiger partial charge in [0, 0.05) is 17.5 Å². The van der Waals surface area contributed by atoms with Gasteiger partial charge in [0.15, 0.2) is 15.0 Å². The minimum Gasteiger partial charge on any atom is -0.368 e. The summed E-state index contributed by atoms with van der Waals surface area (Å²) in [6.45, 7) is 0.564. The van der Waals surface area contributed by atoms with E-state index in [1.165, 1.54) is 11.8 Å². The van der Waals surface area contributed by atoms with Crippen LogP contribution in [0.2, 0.25) is 10.0 Å². The summed E-state index contributed by atoms with van der Waals surface area (Å²) in [7, 11) is -3.12. The van der Waals surface area contributed by atoms with E-state index in [2.05, 4.69) is 4.99 Å². The summed E-state index contributed by atoms with van der Waals surface area (Å²) >= 11 is 13.5. The van der Waals surface area contributed by atoms with Crippen LogP contribution in [0.25, 0.3) is 0 Å². The smallest absolute Gasteiger partial charge is 0.277 e. The summed E-state index contributed by atoms with van der Waals surface area (Å²) < 4.78 is 29.5. The molecule has 3 atom stereocenters. The largest absolute Gasteiger partial charge is 0.368 e. The molecule has 1 aromatic carbocycles. The molecule has 140 valence electrons. The first-order chi connectivity index (χ1) is 12.3. The first-order valence-corrected chi connectivity index (χ1v) is 11.7. The third-order valence-electron chi connectivity index (χ3n) is 4.66. The maximum atomic E-state index is 12.4. The Morgan fingerprint density at radius 1 is 1.27 bits per heavy atom. The molecule has 3 fully saturated rings. The third kappa shape index (κ3) is 3.49. The number of fused-ring (bicyclic) bond motifs is 1. The Bertz CT molecular complexity index is 884. The second kappa shape index (κ2) is 6.98. The zero-order valence-corrected chi connectivity index (χ0v) is 16.7. The van der Waals surface area contributed by atoms with Crippen LogP contribution in [0.5, 0.6) is 0 Å². The van der Waals surface area contributed by atoms with E-state index in [0.717, 1.165) is 6.42 Å². The summed E-state index contributed by atoms with van der Waals surface area (Å²) in [4.78, 5) is 18.5. The van der Waals surface area contributed by atoms with Crippen molar-refractivity contribution < 1.29 is 17.9 Å². The second-order valence-corrected chi connectivity index (χ2v) is 10.7. The van der Waals surface area contributed by atoms with Gasteiger partial charge in [0.05, 0.1) is 27.6 Å². The number of amidine groups is 1. The van der Waals surface area contributed by atoms with Crippen molar-refractivity contribution in [2.24, 2.45) is 4.99 Å². The van der Waals surface area contributed by atoms with Crippen molar-refractivity contribution in [3.63, 3.8) is 0 Å². The number of aliphatic imine (C=N–C) groups is 1. The zero-order chi connectivity index (χ0) is 18.5. The fourth-order valence-corrected chi connectivity index (χ4v) is 7.65. The summed E-state index contributed by atoms with van der Waals surface area (Å²) in [5.74, 6) is -0.219. The monoisotopic (exact) mass is 434 g/mol. The Morgan fingerprint density at radius 3 is 2.77 bits per heavy atom. The molecule has 1 amide bonds. The van der Waals surface area contributed by atoms with Crippen LogP contribution in [0.4, 0.5) is 5.69 Å². The maximum absolute atomic E-state index is 12.4. The molecule has 0 spiro atoms. The summed E-state index contributed by atoms with van der Waals surface area (Å²) in [5, 5.41) is 1.11. The highest BCUT2D eigenvalue weighted by atomic mass is 35.5. The minimum absolute atomic E-state index is 0.0258. The molecule has 0 bridgehead atoms. The number of nitrogens with zero attached hydrogens (tertiary/aromatic N) is 2. The van der Waals surface area contributed by atoms with Crippen LogP contribution in [0.3, 0.4) is 0 Å². The van der Waals surface area contributed by atoms with Crippen LogP contribution in [0, 0.1) is 0 Å². The van der Waals surface area contributed by atoms with Crippen molar-refractivity contribution in [3.05, 3.63) is 28.2 Å². The second-order valence-electron chi connectivity index (χ2n) is 6.50. The van der Waals surface area contributed by atoms with Gasteiger partial charge in [0.2, 0.25) is 0 Å². The number of halogens is 2. The number of hydrogen-bond donors (Lipinski definition) is 0. The van der Waals surface area contributed by atoms with Crippen molar-refractivity contribution in [2.75, 3.05) is 23.0 Å². The highest BCUT2D eigenvalue weighted by Crippen LogP contribution is 2.42. The lowest BCUT2D eigenvalue weighted by Crippen LogP contribution is -2.38. The zero-order valence-electron chi connectivity index (χ0n) is 13.6. The number of anilines is 1. The molecule has 3 aliphatic rings. The Kier molecular flexibility index (Phi) is 4.98. The Balaban J connectivity index is 1.70. The van der Waals surface area contributed by atoms with Crippen molar-refractivity contribution >= 4 is 61.6 Å². The van der Waals surface area contributed by atoms with E-state index in [1.54, 1.807) is 23.1 Å². The Hall–Kier alpha value is -0.800. The summed E-state index contributed by atoms with van der Waals surface area (Å²) in [6, 6.07) is 4.80. The molecule has 10 heteroatoms. The van der Waals surface area contributed by atoms with Gasteiger partial charge in [-0.2, -0.15) is 4.99 Å². The van der Waals surface area contributed by atoms with Crippen molar-refractivity contribution in [1.82, 2.24) is 0 Å². The predicted octanol–water partition coefficient (Wildman–Crippen LogP) is 2.77. The van der Waals surface area contributed by atoms with E-state index in [9.17, 15) is 13.2 Å². The molecule has 4 rings (SSSR count). The average molecular weight is 435 g/mol. The highest BCUT2D eigenvalue weighted by Gasteiger charge is 2.49. The molecule has 3 saturated heterocycles. The van der Waals surface area contributed by atoms with Gasteiger partial charge in [0.25, 0.3) is 5.91 Å². The molecule has 0 aromatic heterocycles. The predicted molar refractivity (Wildman–Crippen MR) is 104 cm³/mol. The van der Waals surface area contributed by atoms with E-state index < -0.39 is 15.9 Å². The lowest BCUT2D eigenvalue weighted by molar-refractivity contribution is -0.126. The number of thioether (sulfide) groups is 1. The van der Waals surface area contributed by atoms with Gasteiger partial charge in [-0.1, -0.05) is 35.0 Å². The van der Waals surface area contributed by atoms with Gasteiger partial charge in [0.1, 0.15) is 6.10 Å². The Labute approximate surface area is 165 Å². The number of benzene rings is 1. The maximum Gasteiger partial charge on any atom is 0.277 e.